The predicted octanol–water partition coefficient (Wildman–Crippen LogP) is 5.24. The van der Waals surface area contributed by atoms with Crippen LogP contribution in [0.4, 0.5) is 0 Å². The van der Waals surface area contributed by atoms with Gasteiger partial charge in [-0.3, -0.25) is 0 Å². The summed E-state index contributed by atoms with van der Waals surface area (Å²) in [6.07, 6.45) is 5.21. The maximum atomic E-state index is 10.6. The summed E-state index contributed by atoms with van der Waals surface area (Å²) in [7, 11) is -1.97. The van der Waals surface area contributed by atoms with Crippen LogP contribution in [0.1, 0.15) is 38.9 Å². The summed E-state index contributed by atoms with van der Waals surface area (Å²) < 4.78 is 6.51. The molecule has 3 heteroatoms. The molecule has 0 aliphatic heterocycles. The first-order chi connectivity index (χ1) is 10.2. The lowest BCUT2D eigenvalue weighted by atomic mass is 10.0. The van der Waals surface area contributed by atoms with E-state index in [0.717, 1.165) is 5.56 Å². The van der Waals surface area contributed by atoms with Gasteiger partial charge >= 0.3 is 0 Å². The molecule has 0 radical (unpaired) electrons. The molecule has 1 aromatic rings. The van der Waals surface area contributed by atoms with Gasteiger partial charge in [-0.1, -0.05) is 75.9 Å². The lowest BCUT2D eigenvalue weighted by Crippen LogP contribution is -2.43. The highest BCUT2D eigenvalue weighted by Gasteiger charge is 2.40. The van der Waals surface area contributed by atoms with Gasteiger partial charge in [-0.2, -0.15) is 0 Å². The molecule has 2 atom stereocenters. The van der Waals surface area contributed by atoms with E-state index in [1.807, 2.05) is 42.5 Å². The van der Waals surface area contributed by atoms with Crippen LogP contribution in [0.25, 0.3) is 0 Å². The molecule has 0 fully saturated rings. The van der Waals surface area contributed by atoms with Gasteiger partial charge in [0.15, 0.2) is 8.32 Å². The van der Waals surface area contributed by atoms with Gasteiger partial charge in [-0.15, -0.1) is 0 Å². The zero-order chi connectivity index (χ0) is 16.8. The van der Waals surface area contributed by atoms with Crippen LogP contribution in [0.3, 0.4) is 0 Å². The van der Waals surface area contributed by atoms with Gasteiger partial charge in [0.1, 0.15) is 0 Å². The highest BCUT2D eigenvalue weighted by molar-refractivity contribution is 6.74. The van der Waals surface area contributed by atoms with Gasteiger partial charge in [0.25, 0.3) is 0 Å². The van der Waals surface area contributed by atoms with E-state index >= 15 is 0 Å². The molecule has 0 amide bonds. The van der Waals surface area contributed by atoms with Gasteiger partial charge in [-0.25, -0.2) is 0 Å². The van der Waals surface area contributed by atoms with E-state index in [0.29, 0.717) is 6.42 Å². The Hall–Kier alpha value is -1.16. The number of rotatable bonds is 7. The number of allylic oxidation sites excluding steroid dienone is 2. The number of benzene rings is 1. The fourth-order valence-electron chi connectivity index (χ4n) is 1.94. The number of aliphatic hydroxyl groups excluding tert-OH is 1. The molecule has 1 aromatic carbocycles. The Kier molecular flexibility index (Phi) is 6.79. The molecule has 0 unspecified atom stereocenters. The van der Waals surface area contributed by atoms with Crippen LogP contribution in [0.5, 0.6) is 0 Å². The van der Waals surface area contributed by atoms with E-state index in [-0.39, 0.29) is 11.1 Å². The van der Waals surface area contributed by atoms with Crippen molar-refractivity contribution in [2.45, 2.75) is 57.5 Å². The fourth-order valence-corrected chi connectivity index (χ4v) is 3.23. The van der Waals surface area contributed by atoms with Crippen molar-refractivity contribution in [3.8, 4) is 0 Å². The Morgan fingerprint density at radius 3 is 2.32 bits per heavy atom. The van der Waals surface area contributed by atoms with Crippen molar-refractivity contribution in [1.82, 2.24) is 0 Å². The van der Waals surface area contributed by atoms with Gasteiger partial charge < -0.3 is 9.53 Å². The van der Waals surface area contributed by atoms with Crippen LogP contribution >= 0.6 is 0 Å². The minimum atomic E-state index is -1.97. The minimum absolute atomic E-state index is 0.108. The second kappa shape index (κ2) is 7.91. The van der Waals surface area contributed by atoms with E-state index < -0.39 is 14.4 Å². The van der Waals surface area contributed by atoms with Gasteiger partial charge in [0.2, 0.25) is 0 Å². The maximum Gasteiger partial charge on any atom is 0.193 e. The molecule has 0 saturated heterocycles. The maximum absolute atomic E-state index is 10.6. The van der Waals surface area contributed by atoms with Crippen LogP contribution in [-0.2, 0) is 4.43 Å². The number of hydrogen-bond donors (Lipinski definition) is 1. The molecular formula is C19H30O2Si. The highest BCUT2D eigenvalue weighted by atomic mass is 28.4. The third kappa shape index (κ3) is 5.23. The molecule has 1 rings (SSSR count). The smallest absolute Gasteiger partial charge is 0.193 e. The number of aliphatic hydroxyl groups is 1. The van der Waals surface area contributed by atoms with Crippen molar-refractivity contribution in [2.75, 3.05) is 0 Å². The summed E-state index contributed by atoms with van der Waals surface area (Å²) in [6.45, 7) is 14.7. The summed E-state index contributed by atoms with van der Waals surface area (Å²) in [5.41, 5.74) is 1.03. The quantitative estimate of drug-likeness (QED) is 0.550. The Labute approximate surface area is 136 Å². The topological polar surface area (TPSA) is 29.5 Å². The SMILES string of the molecule is C=C/C=C/C[C@H](O)[C@H](O[Si](C)(C)C(C)(C)C)c1ccccc1. The fraction of sp³-hybridized carbons (Fsp3) is 0.474. The van der Waals surface area contributed by atoms with E-state index in [1.54, 1.807) is 6.08 Å². The standard InChI is InChI=1S/C19H30O2Si/c1-7-8-10-15-17(20)18(16-13-11-9-12-14-16)21-22(5,6)19(2,3)4/h7-14,17-18,20H,1,15H2,2-6H3/b10-8+/t17-,18+/m0/s1. The molecular weight excluding hydrogens is 288 g/mol. The average molecular weight is 319 g/mol. The van der Waals surface area contributed by atoms with Crippen LogP contribution in [-0.4, -0.2) is 19.5 Å². The third-order valence-electron chi connectivity index (χ3n) is 4.36. The van der Waals surface area contributed by atoms with Gasteiger partial charge in [-0.05, 0) is 30.1 Å². The molecule has 2 nitrogen and oxygen atoms in total. The predicted molar refractivity (Wildman–Crippen MR) is 97.4 cm³/mol. The van der Waals surface area contributed by atoms with Crippen molar-refractivity contribution in [3.63, 3.8) is 0 Å². The first-order valence-corrected chi connectivity index (χ1v) is 10.8. The molecule has 0 aromatic heterocycles. The normalized spacial score (nSPS) is 15.7. The summed E-state index contributed by atoms with van der Waals surface area (Å²) >= 11 is 0. The summed E-state index contributed by atoms with van der Waals surface area (Å²) in [5, 5.41) is 10.7. The molecule has 1 N–H and O–H groups in total. The molecule has 122 valence electrons. The highest BCUT2D eigenvalue weighted by Crippen LogP contribution is 2.40. The molecule has 0 saturated carbocycles. The molecule has 0 spiro atoms. The molecule has 0 heterocycles. The van der Waals surface area contributed by atoms with E-state index in [9.17, 15) is 5.11 Å². The summed E-state index contributed by atoms with van der Waals surface area (Å²) in [5.74, 6) is 0. The van der Waals surface area contributed by atoms with E-state index in [1.165, 1.54) is 0 Å². The van der Waals surface area contributed by atoms with Crippen LogP contribution < -0.4 is 0 Å². The molecule has 0 aliphatic rings. The Morgan fingerprint density at radius 2 is 1.82 bits per heavy atom. The van der Waals surface area contributed by atoms with E-state index in [2.05, 4.69) is 40.4 Å². The van der Waals surface area contributed by atoms with Gasteiger partial charge in [0, 0.05) is 0 Å². The van der Waals surface area contributed by atoms with E-state index in [4.69, 9.17) is 4.43 Å². The lowest BCUT2D eigenvalue weighted by molar-refractivity contribution is 0.0285. The van der Waals surface area contributed by atoms with Crippen molar-refractivity contribution in [2.24, 2.45) is 0 Å². The molecule has 0 aliphatic carbocycles. The van der Waals surface area contributed by atoms with Crippen molar-refractivity contribution < 1.29 is 9.53 Å². The molecule has 0 bridgehead atoms. The largest absolute Gasteiger partial charge is 0.407 e. The second-order valence-electron chi connectivity index (χ2n) is 7.18. The van der Waals surface area contributed by atoms with Crippen molar-refractivity contribution in [1.29, 1.82) is 0 Å². The van der Waals surface area contributed by atoms with Crippen LogP contribution in [0, 0.1) is 0 Å². The lowest BCUT2D eigenvalue weighted by Gasteiger charge is -2.40. The summed E-state index contributed by atoms with van der Waals surface area (Å²) in [4.78, 5) is 0. The monoisotopic (exact) mass is 318 g/mol. The van der Waals surface area contributed by atoms with Crippen molar-refractivity contribution >= 4 is 8.32 Å². The Morgan fingerprint density at radius 1 is 1.23 bits per heavy atom. The summed E-state index contributed by atoms with van der Waals surface area (Å²) in [6, 6.07) is 10.0. The zero-order valence-corrected chi connectivity index (χ0v) is 15.5. The Balaban J connectivity index is 3.02. The molecule has 22 heavy (non-hydrogen) atoms. The van der Waals surface area contributed by atoms with Crippen molar-refractivity contribution in [3.05, 3.63) is 60.7 Å². The van der Waals surface area contributed by atoms with Crippen LogP contribution in [0.15, 0.2) is 55.1 Å². The minimum Gasteiger partial charge on any atom is -0.407 e. The first kappa shape index (κ1) is 18.9. The first-order valence-electron chi connectivity index (χ1n) is 7.87. The Bertz CT molecular complexity index is 486. The van der Waals surface area contributed by atoms with Crippen LogP contribution in [0.2, 0.25) is 18.1 Å². The average Bonchev–Trinajstić information content (AvgIpc) is 2.44. The second-order valence-corrected chi connectivity index (χ2v) is 11.9. The van der Waals surface area contributed by atoms with Gasteiger partial charge in [0.05, 0.1) is 12.2 Å². The third-order valence-corrected chi connectivity index (χ3v) is 8.81. The zero-order valence-electron chi connectivity index (χ0n) is 14.5. The number of hydrogen-bond acceptors (Lipinski definition) is 2.